The van der Waals surface area contributed by atoms with E-state index in [9.17, 15) is 0 Å². The molecule has 2 fully saturated rings. The number of hydrogen-bond donors (Lipinski definition) is 2. The summed E-state index contributed by atoms with van der Waals surface area (Å²) < 4.78 is 5.55. The van der Waals surface area contributed by atoms with Gasteiger partial charge in [0, 0.05) is 38.4 Å². The number of hydrogen-bond acceptors (Lipinski definition) is 3. The lowest BCUT2D eigenvalue weighted by atomic mass is 9.75. The third-order valence-electron chi connectivity index (χ3n) is 5.86. The molecule has 0 spiro atoms. The molecular formula is C18H37IN4O. The van der Waals surface area contributed by atoms with Crippen molar-refractivity contribution in [2.75, 3.05) is 40.9 Å². The third-order valence-corrected chi connectivity index (χ3v) is 5.86. The zero-order valence-electron chi connectivity index (χ0n) is 16.2. The molecule has 0 bridgehead atoms. The predicted molar refractivity (Wildman–Crippen MR) is 112 cm³/mol. The van der Waals surface area contributed by atoms with E-state index in [1.54, 1.807) is 0 Å². The summed E-state index contributed by atoms with van der Waals surface area (Å²) in [6.45, 7) is 7.37. The molecular weight excluding hydrogens is 415 g/mol. The van der Waals surface area contributed by atoms with Crippen LogP contribution in [0.5, 0.6) is 0 Å². The Morgan fingerprint density at radius 2 is 1.71 bits per heavy atom. The first-order valence-electron chi connectivity index (χ1n) is 9.09. The van der Waals surface area contributed by atoms with Gasteiger partial charge in [0.2, 0.25) is 0 Å². The summed E-state index contributed by atoms with van der Waals surface area (Å²) >= 11 is 0. The van der Waals surface area contributed by atoms with Gasteiger partial charge >= 0.3 is 0 Å². The van der Waals surface area contributed by atoms with Gasteiger partial charge in [0.25, 0.3) is 0 Å². The van der Waals surface area contributed by atoms with Crippen LogP contribution in [0.2, 0.25) is 0 Å². The van der Waals surface area contributed by atoms with Crippen LogP contribution < -0.4 is 10.6 Å². The van der Waals surface area contributed by atoms with Gasteiger partial charge in [-0.1, -0.05) is 13.8 Å². The van der Waals surface area contributed by atoms with E-state index in [4.69, 9.17) is 4.74 Å². The second kappa shape index (κ2) is 9.57. The maximum Gasteiger partial charge on any atom is 0.191 e. The van der Waals surface area contributed by atoms with E-state index in [1.807, 2.05) is 7.05 Å². The fraction of sp³-hybridized carbons (Fsp3) is 0.944. The highest BCUT2D eigenvalue weighted by molar-refractivity contribution is 14.0. The molecule has 1 saturated carbocycles. The van der Waals surface area contributed by atoms with E-state index < -0.39 is 0 Å². The monoisotopic (exact) mass is 452 g/mol. The molecule has 6 heteroatoms. The first kappa shape index (κ1) is 22.0. The first-order valence-corrected chi connectivity index (χ1v) is 9.09. The molecule has 0 radical (unpaired) electrons. The van der Waals surface area contributed by atoms with Crippen LogP contribution in [0, 0.1) is 5.41 Å². The Bertz CT molecular complexity index is 396. The lowest BCUT2D eigenvalue weighted by molar-refractivity contribution is -0.00504. The maximum absolute atomic E-state index is 5.55. The summed E-state index contributed by atoms with van der Waals surface area (Å²) in [5.74, 6) is 0.947. The van der Waals surface area contributed by atoms with Crippen LogP contribution in [0.4, 0.5) is 0 Å². The number of rotatable bonds is 4. The number of halogens is 1. The second-order valence-electron chi connectivity index (χ2n) is 8.24. The topological polar surface area (TPSA) is 48.9 Å². The SMILES string of the molecule is CN=C(NCC1(N(C)C)CCOCC1)NC1CCC(C)(C)CC1.I. The second-order valence-corrected chi connectivity index (χ2v) is 8.24. The molecule has 24 heavy (non-hydrogen) atoms. The van der Waals surface area contributed by atoms with Crippen molar-refractivity contribution in [2.45, 2.75) is 64.0 Å². The van der Waals surface area contributed by atoms with Crippen molar-refractivity contribution in [2.24, 2.45) is 10.4 Å². The summed E-state index contributed by atoms with van der Waals surface area (Å²) in [5, 5.41) is 7.20. The van der Waals surface area contributed by atoms with Gasteiger partial charge in [-0.25, -0.2) is 0 Å². The zero-order valence-corrected chi connectivity index (χ0v) is 18.5. The molecule has 0 aromatic heterocycles. The van der Waals surface area contributed by atoms with E-state index in [0.717, 1.165) is 38.6 Å². The van der Waals surface area contributed by atoms with Crippen molar-refractivity contribution in [3.63, 3.8) is 0 Å². The van der Waals surface area contributed by atoms with Gasteiger partial charge in [0.05, 0.1) is 0 Å². The fourth-order valence-corrected chi connectivity index (χ4v) is 3.71. The Morgan fingerprint density at radius 3 is 2.21 bits per heavy atom. The molecule has 0 aromatic carbocycles. The standard InChI is InChI=1S/C18H36N4O.HI/c1-17(2)8-6-15(7-9-17)21-16(19-3)20-14-18(22(4)5)10-12-23-13-11-18;/h15H,6-14H2,1-5H3,(H2,19,20,21);1H. The maximum atomic E-state index is 5.55. The van der Waals surface area contributed by atoms with Gasteiger partial charge in [-0.3, -0.25) is 4.99 Å². The zero-order chi connectivity index (χ0) is 16.9. The first-order chi connectivity index (χ1) is 10.9. The smallest absolute Gasteiger partial charge is 0.191 e. The Balaban J connectivity index is 0.00000288. The van der Waals surface area contributed by atoms with Crippen LogP contribution in [0.15, 0.2) is 4.99 Å². The van der Waals surface area contributed by atoms with E-state index in [2.05, 4.69) is 48.5 Å². The minimum atomic E-state index is 0. The molecule has 1 heterocycles. The number of nitrogens with zero attached hydrogens (tertiary/aromatic N) is 2. The third kappa shape index (κ3) is 6.02. The average molecular weight is 452 g/mol. The highest BCUT2D eigenvalue weighted by Crippen LogP contribution is 2.35. The summed E-state index contributed by atoms with van der Waals surface area (Å²) in [5.41, 5.74) is 0.677. The molecule has 0 aromatic rings. The fourth-order valence-electron chi connectivity index (χ4n) is 3.71. The molecule has 2 rings (SSSR count). The van der Waals surface area contributed by atoms with E-state index in [1.165, 1.54) is 25.7 Å². The molecule has 2 aliphatic rings. The number of guanidine groups is 1. The lowest BCUT2D eigenvalue weighted by Gasteiger charge is -2.43. The van der Waals surface area contributed by atoms with Crippen molar-refractivity contribution in [1.82, 2.24) is 15.5 Å². The molecule has 1 aliphatic carbocycles. The lowest BCUT2D eigenvalue weighted by Crippen LogP contribution is -2.57. The molecule has 2 N–H and O–H groups in total. The van der Waals surface area contributed by atoms with Crippen LogP contribution in [-0.4, -0.2) is 63.3 Å². The van der Waals surface area contributed by atoms with E-state index in [-0.39, 0.29) is 29.5 Å². The van der Waals surface area contributed by atoms with Crippen molar-refractivity contribution in [3.05, 3.63) is 0 Å². The molecule has 0 unspecified atom stereocenters. The number of likely N-dealkylation sites (N-methyl/N-ethyl adjacent to an activating group) is 1. The van der Waals surface area contributed by atoms with Gasteiger partial charge < -0.3 is 20.3 Å². The van der Waals surface area contributed by atoms with Gasteiger partial charge in [0.1, 0.15) is 0 Å². The van der Waals surface area contributed by atoms with Gasteiger partial charge in [0.15, 0.2) is 5.96 Å². The van der Waals surface area contributed by atoms with Gasteiger partial charge in [-0.15, -0.1) is 24.0 Å². The molecule has 0 atom stereocenters. The Kier molecular flexibility index (Phi) is 8.76. The predicted octanol–water partition coefficient (Wildman–Crippen LogP) is 2.85. The van der Waals surface area contributed by atoms with Gasteiger partial charge in [-0.05, 0) is 58.0 Å². The van der Waals surface area contributed by atoms with E-state index >= 15 is 0 Å². The molecule has 1 saturated heterocycles. The van der Waals surface area contributed by atoms with Crippen LogP contribution in [0.1, 0.15) is 52.4 Å². The molecule has 5 nitrogen and oxygen atoms in total. The van der Waals surface area contributed by atoms with E-state index in [0.29, 0.717) is 11.5 Å². The summed E-state index contributed by atoms with van der Waals surface area (Å²) in [6, 6.07) is 0.555. The Labute approximate surface area is 165 Å². The quantitative estimate of drug-likeness (QED) is 0.391. The normalized spacial score (nSPS) is 24.3. The highest BCUT2D eigenvalue weighted by Gasteiger charge is 2.35. The van der Waals surface area contributed by atoms with Crippen LogP contribution in [0.3, 0.4) is 0 Å². The van der Waals surface area contributed by atoms with Gasteiger partial charge in [-0.2, -0.15) is 0 Å². The van der Waals surface area contributed by atoms with Crippen molar-refractivity contribution in [1.29, 1.82) is 0 Å². The summed E-state index contributed by atoms with van der Waals surface area (Å²) in [4.78, 5) is 6.78. The van der Waals surface area contributed by atoms with Crippen LogP contribution >= 0.6 is 24.0 Å². The number of aliphatic imine (C=N–C) groups is 1. The average Bonchev–Trinajstić information content (AvgIpc) is 2.53. The number of ether oxygens (including phenoxy) is 1. The van der Waals surface area contributed by atoms with Crippen molar-refractivity contribution < 1.29 is 4.74 Å². The van der Waals surface area contributed by atoms with Crippen molar-refractivity contribution >= 4 is 29.9 Å². The minimum Gasteiger partial charge on any atom is -0.381 e. The molecule has 0 amide bonds. The summed E-state index contributed by atoms with van der Waals surface area (Å²) in [7, 11) is 6.22. The largest absolute Gasteiger partial charge is 0.381 e. The Hall–Kier alpha value is -0.0800. The van der Waals surface area contributed by atoms with Crippen LogP contribution in [0.25, 0.3) is 0 Å². The number of nitrogens with one attached hydrogen (secondary N) is 2. The summed E-state index contributed by atoms with van der Waals surface area (Å²) in [6.07, 6.45) is 7.20. The highest BCUT2D eigenvalue weighted by atomic mass is 127. The molecule has 1 aliphatic heterocycles. The Morgan fingerprint density at radius 1 is 1.12 bits per heavy atom. The minimum absolute atomic E-state index is 0. The van der Waals surface area contributed by atoms with Crippen molar-refractivity contribution in [3.8, 4) is 0 Å². The van der Waals surface area contributed by atoms with Crippen LogP contribution in [-0.2, 0) is 4.74 Å². The molecule has 142 valence electrons.